The van der Waals surface area contributed by atoms with Crippen molar-refractivity contribution in [2.45, 2.75) is 46.6 Å². The van der Waals surface area contributed by atoms with Crippen LogP contribution in [0.15, 0.2) is 23.1 Å². The van der Waals surface area contributed by atoms with E-state index in [4.69, 9.17) is 9.47 Å². The fourth-order valence-electron chi connectivity index (χ4n) is 2.35. The second-order valence-corrected chi connectivity index (χ2v) is 6.80. The Labute approximate surface area is 153 Å². The van der Waals surface area contributed by atoms with E-state index in [0.717, 1.165) is 30.2 Å². The van der Waals surface area contributed by atoms with Crippen molar-refractivity contribution < 1.29 is 19.1 Å². The largest absolute Gasteiger partial charge is 0.490 e. The maximum Gasteiger partial charge on any atom is 0.293 e. The summed E-state index contributed by atoms with van der Waals surface area (Å²) in [6, 6.07) is 5.56. The minimum absolute atomic E-state index is 0.0931. The SMILES string of the molecule is CCCN1C(=O)S/C(=C/c2ccc(O[C@@H](C)CC)c(OCC)c2)C1=O. The topological polar surface area (TPSA) is 55.8 Å². The lowest BCUT2D eigenvalue weighted by Crippen LogP contribution is -2.28. The Morgan fingerprint density at radius 1 is 1.20 bits per heavy atom. The molecule has 0 N–H and O–H groups in total. The highest BCUT2D eigenvalue weighted by Crippen LogP contribution is 2.35. The summed E-state index contributed by atoms with van der Waals surface area (Å²) in [5.74, 6) is 1.10. The average molecular weight is 363 g/mol. The summed E-state index contributed by atoms with van der Waals surface area (Å²) in [5.41, 5.74) is 0.807. The van der Waals surface area contributed by atoms with E-state index in [1.807, 2.05) is 39.0 Å². The molecule has 1 aliphatic heterocycles. The van der Waals surface area contributed by atoms with Gasteiger partial charge in [-0.15, -0.1) is 0 Å². The van der Waals surface area contributed by atoms with Crippen LogP contribution < -0.4 is 9.47 Å². The molecule has 0 aliphatic carbocycles. The fourth-order valence-corrected chi connectivity index (χ4v) is 3.21. The normalized spacial score (nSPS) is 17.3. The van der Waals surface area contributed by atoms with E-state index in [1.54, 1.807) is 6.08 Å². The van der Waals surface area contributed by atoms with Crippen LogP contribution in [0.1, 0.15) is 46.1 Å². The molecule has 0 unspecified atom stereocenters. The standard InChI is InChI=1S/C19H25NO4S/c1-5-10-20-18(21)17(25-19(20)22)12-14-8-9-15(24-13(4)6-2)16(11-14)23-7-3/h8-9,11-13H,5-7,10H2,1-4H3/b17-12+/t13-/m0/s1. The van der Waals surface area contributed by atoms with Crippen LogP contribution in [0, 0.1) is 0 Å². The summed E-state index contributed by atoms with van der Waals surface area (Å²) in [4.78, 5) is 26.0. The molecule has 1 aliphatic rings. The summed E-state index contributed by atoms with van der Waals surface area (Å²) < 4.78 is 11.6. The van der Waals surface area contributed by atoms with Crippen molar-refractivity contribution >= 4 is 29.0 Å². The molecular formula is C19H25NO4S. The van der Waals surface area contributed by atoms with Gasteiger partial charge in [0.25, 0.3) is 11.1 Å². The molecule has 0 radical (unpaired) electrons. The Morgan fingerprint density at radius 2 is 1.96 bits per heavy atom. The van der Waals surface area contributed by atoms with Gasteiger partial charge >= 0.3 is 0 Å². The van der Waals surface area contributed by atoms with Gasteiger partial charge in [0.15, 0.2) is 11.5 Å². The Morgan fingerprint density at radius 3 is 2.60 bits per heavy atom. The number of hydrogen-bond donors (Lipinski definition) is 0. The smallest absolute Gasteiger partial charge is 0.293 e. The van der Waals surface area contributed by atoms with Crippen LogP contribution in [0.4, 0.5) is 4.79 Å². The minimum atomic E-state index is -0.227. The van der Waals surface area contributed by atoms with Gasteiger partial charge in [-0.2, -0.15) is 0 Å². The quantitative estimate of drug-likeness (QED) is 0.626. The molecule has 0 spiro atoms. The predicted molar refractivity (Wildman–Crippen MR) is 101 cm³/mol. The summed E-state index contributed by atoms with van der Waals surface area (Å²) >= 11 is 0.981. The highest BCUT2D eigenvalue weighted by molar-refractivity contribution is 8.18. The van der Waals surface area contributed by atoms with Crippen LogP contribution in [0.3, 0.4) is 0 Å². The van der Waals surface area contributed by atoms with E-state index in [2.05, 4.69) is 6.92 Å². The third-order valence-electron chi connectivity index (χ3n) is 3.79. The molecule has 1 aromatic rings. The van der Waals surface area contributed by atoms with Crippen LogP contribution in [-0.4, -0.2) is 35.3 Å². The average Bonchev–Trinajstić information content (AvgIpc) is 2.85. The predicted octanol–water partition coefficient (Wildman–Crippen LogP) is 4.71. The molecule has 2 amide bonds. The Hall–Kier alpha value is -1.95. The van der Waals surface area contributed by atoms with Crippen LogP contribution in [0.25, 0.3) is 6.08 Å². The van der Waals surface area contributed by atoms with Crippen molar-refractivity contribution in [2.75, 3.05) is 13.2 Å². The summed E-state index contributed by atoms with van der Waals surface area (Å²) in [5, 5.41) is -0.208. The van der Waals surface area contributed by atoms with Gasteiger partial charge < -0.3 is 9.47 Å². The number of rotatable bonds is 8. The van der Waals surface area contributed by atoms with Crippen molar-refractivity contribution in [3.8, 4) is 11.5 Å². The summed E-state index contributed by atoms with van der Waals surface area (Å²) in [6.45, 7) is 8.90. The first kappa shape index (κ1) is 19.4. The highest BCUT2D eigenvalue weighted by atomic mass is 32.2. The molecule has 25 heavy (non-hydrogen) atoms. The zero-order chi connectivity index (χ0) is 18.4. The molecule has 1 fully saturated rings. The van der Waals surface area contributed by atoms with E-state index in [9.17, 15) is 9.59 Å². The number of hydrogen-bond acceptors (Lipinski definition) is 5. The van der Waals surface area contributed by atoms with Gasteiger partial charge in [-0.3, -0.25) is 14.5 Å². The molecule has 0 bridgehead atoms. The van der Waals surface area contributed by atoms with E-state index < -0.39 is 0 Å². The van der Waals surface area contributed by atoms with E-state index in [0.29, 0.717) is 29.6 Å². The number of thioether (sulfide) groups is 1. The number of imide groups is 1. The number of benzene rings is 1. The van der Waals surface area contributed by atoms with Gasteiger partial charge in [-0.1, -0.05) is 19.9 Å². The monoisotopic (exact) mass is 363 g/mol. The van der Waals surface area contributed by atoms with Gasteiger partial charge in [0.1, 0.15) is 0 Å². The van der Waals surface area contributed by atoms with Crippen LogP contribution in [0.5, 0.6) is 11.5 Å². The number of nitrogens with zero attached hydrogens (tertiary/aromatic N) is 1. The van der Waals surface area contributed by atoms with Crippen LogP contribution in [-0.2, 0) is 4.79 Å². The van der Waals surface area contributed by atoms with Gasteiger partial charge in [0.05, 0.1) is 17.6 Å². The van der Waals surface area contributed by atoms with Crippen molar-refractivity contribution in [2.24, 2.45) is 0 Å². The third-order valence-corrected chi connectivity index (χ3v) is 4.70. The van der Waals surface area contributed by atoms with Crippen molar-refractivity contribution in [3.63, 3.8) is 0 Å². The van der Waals surface area contributed by atoms with E-state index >= 15 is 0 Å². The highest BCUT2D eigenvalue weighted by Gasteiger charge is 2.34. The van der Waals surface area contributed by atoms with Crippen LogP contribution in [0.2, 0.25) is 0 Å². The summed E-state index contributed by atoms with van der Waals surface area (Å²) in [6.07, 6.45) is 3.48. The number of carbonyl (C=O) groups is 2. The Bertz CT molecular complexity index is 671. The lowest BCUT2D eigenvalue weighted by molar-refractivity contribution is -0.122. The molecule has 1 saturated heterocycles. The third kappa shape index (κ3) is 4.78. The molecule has 6 heteroatoms. The molecule has 1 heterocycles. The van der Waals surface area contributed by atoms with Gasteiger partial charge in [0.2, 0.25) is 0 Å². The maximum absolute atomic E-state index is 12.3. The summed E-state index contributed by atoms with van der Waals surface area (Å²) in [7, 11) is 0. The first-order valence-electron chi connectivity index (χ1n) is 8.68. The lowest BCUT2D eigenvalue weighted by atomic mass is 10.1. The van der Waals surface area contributed by atoms with Crippen molar-refractivity contribution in [1.29, 1.82) is 0 Å². The number of carbonyl (C=O) groups excluding carboxylic acids is 2. The van der Waals surface area contributed by atoms with E-state index in [1.165, 1.54) is 4.90 Å². The van der Waals surface area contributed by atoms with Gasteiger partial charge in [0, 0.05) is 6.54 Å². The second-order valence-electron chi connectivity index (χ2n) is 5.81. The number of amides is 2. The molecule has 1 aromatic carbocycles. The van der Waals surface area contributed by atoms with Crippen LogP contribution >= 0.6 is 11.8 Å². The molecule has 1 atom stereocenters. The molecule has 0 saturated carbocycles. The fraction of sp³-hybridized carbons (Fsp3) is 0.474. The molecule has 0 aromatic heterocycles. The van der Waals surface area contributed by atoms with Gasteiger partial charge in [-0.05, 0) is 62.2 Å². The lowest BCUT2D eigenvalue weighted by Gasteiger charge is -2.16. The Balaban J connectivity index is 2.26. The van der Waals surface area contributed by atoms with Gasteiger partial charge in [-0.25, -0.2) is 0 Å². The van der Waals surface area contributed by atoms with Crippen molar-refractivity contribution in [1.82, 2.24) is 4.90 Å². The number of ether oxygens (including phenoxy) is 2. The van der Waals surface area contributed by atoms with Crippen molar-refractivity contribution in [3.05, 3.63) is 28.7 Å². The maximum atomic E-state index is 12.3. The zero-order valence-electron chi connectivity index (χ0n) is 15.2. The second kappa shape index (κ2) is 8.94. The first-order chi connectivity index (χ1) is 12.0. The zero-order valence-corrected chi connectivity index (χ0v) is 16.0. The molecule has 2 rings (SSSR count). The minimum Gasteiger partial charge on any atom is -0.490 e. The molecule has 5 nitrogen and oxygen atoms in total. The molecular weight excluding hydrogens is 338 g/mol. The van der Waals surface area contributed by atoms with E-state index in [-0.39, 0.29) is 17.3 Å². The Kier molecular flexibility index (Phi) is 6.93. The molecule has 136 valence electrons. The first-order valence-corrected chi connectivity index (χ1v) is 9.50.